The zero-order valence-electron chi connectivity index (χ0n) is 10.9. The number of hydrogen-bond acceptors (Lipinski definition) is 3. The minimum absolute atomic E-state index is 0.0444. The Balaban J connectivity index is 2.24. The SMILES string of the molecule is Cc1nc(C(=O)Nc2ccc(F)cc2I)ccc1C(=O)O. The van der Waals surface area contributed by atoms with Crippen LogP contribution >= 0.6 is 22.6 Å². The summed E-state index contributed by atoms with van der Waals surface area (Å²) in [5.74, 6) is -1.98. The number of aromatic nitrogens is 1. The van der Waals surface area contributed by atoms with Gasteiger partial charge in [-0.05, 0) is 59.8 Å². The van der Waals surface area contributed by atoms with Crippen molar-refractivity contribution in [2.45, 2.75) is 6.92 Å². The van der Waals surface area contributed by atoms with Gasteiger partial charge in [0.1, 0.15) is 11.5 Å². The van der Waals surface area contributed by atoms with E-state index in [0.717, 1.165) is 0 Å². The zero-order chi connectivity index (χ0) is 15.6. The Labute approximate surface area is 133 Å². The topological polar surface area (TPSA) is 79.3 Å². The number of nitrogens with one attached hydrogen (secondary N) is 1. The lowest BCUT2D eigenvalue weighted by molar-refractivity contribution is 0.0695. The van der Waals surface area contributed by atoms with Crippen LogP contribution < -0.4 is 5.32 Å². The highest BCUT2D eigenvalue weighted by Crippen LogP contribution is 2.19. The van der Waals surface area contributed by atoms with E-state index in [-0.39, 0.29) is 17.0 Å². The number of carboxylic acid groups (broad SMARTS) is 1. The smallest absolute Gasteiger partial charge is 0.337 e. The molecule has 2 aromatic rings. The number of aromatic carboxylic acids is 1. The Bertz CT molecular complexity index is 734. The van der Waals surface area contributed by atoms with Crippen LogP contribution in [0.2, 0.25) is 0 Å². The number of carbonyl (C=O) groups excluding carboxylic acids is 1. The van der Waals surface area contributed by atoms with E-state index in [0.29, 0.717) is 9.26 Å². The van der Waals surface area contributed by atoms with Crippen LogP contribution in [-0.4, -0.2) is 22.0 Å². The van der Waals surface area contributed by atoms with Crippen molar-refractivity contribution in [1.82, 2.24) is 4.98 Å². The van der Waals surface area contributed by atoms with E-state index in [1.165, 1.54) is 37.3 Å². The third-order valence-corrected chi connectivity index (χ3v) is 3.62. The average molecular weight is 400 g/mol. The Morgan fingerprint density at radius 2 is 2.00 bits per heavy atom. The third kappa shape index (κ3) is 3.54. The maximum atomic E-state index is 13.0. The lowest BCUT2D eigenvalue weighted by Crippen LogP contribution is -2.16. The lowest BCUT2D eigenvalue weighted by atomic mass is 10.2. The van der Waals surface area contributed by atoms with Gasteiger partial charge in [-0.25, -0.2) is 14.2 Å². The summed E-state index contributed by atoms with van der Waals surface area (Å²) < 4.78 is 13.6. The summed E-state index contributed by atoms with van der Waals surface area (Å²) in [6.45, 7) is 1.52. The summed E-state index contributed by atoms with van der Waals surface area (Å²) in [6.07, 6.45) is 0. The Kier molecular flexibility index (Phi) is 4.51. The molecular weight excluding hydrogens is 390 g/mol. The minimum Gasteiger partial charge on any atom is -0.478 e. The predicted octanol–water partition coefficient (Wildman–Crippen LogP) is 3.08. The summed E-state index contributed by atoms with van der Waals surface area (Å²) in [5, 5.41) is 11.5. The third-order valence-electron chi connectivity index (χ3n) is 2.73. The van der Waals surface area contributed by atoms with Crippen molar-refractivity contribution in [2.24, 2.45) is 0 Å². The summed E-state index contributed by atoms with van der Waals surface area (Å²) >= 11 is 1.91. The number of aryl methyl sites for hydroxylation is 1. The van der Waals surface area contributed by atoms with E-state index in [1.807, 2.05) is 22.6 Å². The number of hydrogen-bond donors (Lipinski definition) is 2. The van der Waals surface area contributed by atoms with Crippen LogP contribution in [0.25, 0.3) is 0 Å². The average Bonchev–Trinajstić information content (AvgIpc) is 2.41. The van der Waals surface area contributed by atoms with Gasteiger partial charge in [0.05, 0.1) is 16.9 Å². The minimum atomic E-state index is -1.10. The first-order chi connectivity index (χ1) is 9.88. The molecule has 0 spiro atoms. The number of pyridine rings is 1. The molecule has 2 N–H and O–H groups in total. The van der Waals surface area contributed by atoms with Gasteiger partial charge in [0.25, 0.3) is 5.91 Å². The van der Waals surface area contributed by atoms with Gasteiger partial charge >= 0.3 is 5.97 Å². The summed E-state index contributed by atoms with van der Waals surface area (Å²) in [4.78, 5) is 26.9. The molecule has 2 rings (SSSR count). The molecule has 1 heterocycles. The Hall–Kier alpha value is -2.03. The second kappa shape index (κ2) is 6.17. The molecule has 0 fully saturated rings. The molecule has 0 radical (unpaired) electrons. The molecular formula is C14H10FIN2O3. The molecule has 0 saturated carbocycles. The van der Waals surface area contributed by atoms with Crippen molar-refractivity contribution < 1.29 is 19.1 Å². The fraction of sp³-hybridized carbons (Fsp3) is 0.0714. The molecule has 0 atom stereocenters. The van der Waals surface area contributed by atoms with Gasteiger partial charge < -0.3 is 10.4 Å². The summed E-state index contributed by atoms with van der Waals surface area (Å²) in [6, 6.07) is 6.65. The monoisotopic (exact) mass is 400 g/mol. The standard InChI is InChI=1S/C14H10FIN2O3/c1-7-9(14(20)21)3-5-12(17-7)13(19)18-11-4-2-8(15)6-10(11)16/h2-6H,1H3,(H,18,19)(H,20,21). The second-order valence-corrected chi connectivity index (χ2v) is 5.38. The molecule has 5 nitrogen and oxygen atoms in total. The molecule has 0 aliphatic carbocycles. The van der Waals surface area contributed by atoms with Crippen LogP contribution in [-0.2, 0) is 0 Å². The largest absolute Gasteiger partial charge is 0.478 e. The number of anilines is 1. The quantitative estimate of drug-likeness (QED) is 0.777. The van der Waals surface area contributed by atoms with Crippen molar-refractivity contribution in [1.29, 1.82) is 0 Å². The molecule has 1 aromatic carbocycles. The molecule has 108 valence electrons. The predicted molar refractivity (Wildman–Crippen MR) is 83.0 cm³/mol. The Morgan fingerprint density at radius 3 is 2.57 bits per heavy atom. The fourth-order valence-corrected chi connectivity index (χ4v) is 2.30. The van der Waals surface area contributed by atoms with Crippen molar-refractivity contribution in [3.63, 3.8) is 0 Å². The second-order valence-electron chi connectivity index (χ2n) is 4.21. The number of rotatable bonds is 3. The van der Waals surface area contributed by atoms with Crippen LogP contribution in [0.1, 0.15) is 26.5 Å². The first-order valence-electron chi connectivity index (χ1n) is 5.86. The van der Waals surface area contributed by atoms with Gasteiger partial charge in [-0.3, -0.25) is 4.79 Å². The normalized spacial score (nSPS) is 10.2. The molecule has 0 aliphatic rings. The van der Waals surface area contributed by atoms with Gasteiger partial charge in [0.2, 0.25) is 0 Å². The molecule has 1 amide bonds. The zero-order valence-corrected chi connectivity index (χ0v) is 13.0. The van der Waals surface area contributed by atoms with Crippen LogP contribution in [0.4, 0.5) is 10.1 Å². The van der Waals surface area contributed by atoms with Gasteiger partial charge in [0, 0.05) is 3.57 Å². The summed E-state index contributed by atoms with van der Waals surface area (Å²) in [7, 11) is 0. The highest BCUT2D eigenvalue weighted by Gasteiger charge is 2.14. The molecule has 0 unspecified atom stereocenters. The van der Waals surface area contributed by atoms with Gasteiger partial charge in [-0.2, -0.15) is 0 Å². The number of nitrogens with zero attached hydrogens (tertiary/aromatic N) is 1. The maximum absolute atomic E-state index is 13.0. The Morgan fingerprint density at radius 1 is 1.29 bits per heavy atom. The molecule has 0 aliphatic heterocycles. The van der Waals surface area contributed by atoms with E-state index in [4.69, 9.17) is 5.11 Å². The van der Waals surface area contributed by atoms with Gasteiger partial charge in [-0.15, -0.1) is 0 Å². The van der Waals surface area contributed by atoms with E-state index in [1.54, 1.807) is 0 Å². The van der Waals surface area contributed by atoms with Gasteiger partial charge in [0.15, 0.2) is 0 Å². The number of benzene rings is 1. The highest BCUT2D eigenvalue weighted by atomic mass is 127. The van der Waals surface area contributed by atoms with Crippen molar-refractivity contribution in [3.8, 4) is 0 Å². The van der Waals surface area contributed by atoms with Gasteiger partial charge in [-0.1, -0.05) is 0 Å². The van der Waals surface area contributed by atoms with Crippen LogP contribution in [0, 0.1) is 16.3 Å². The molecule has 7 heteroatoms. The highest BCUT2D eigenvalue weighted by molar-refractivity contribution is 14.1. The van der Waals surface area contributed by atoms with E-state index in [9.17, 15) is 14.0 Å². The van der Waals surface area contributed by atoms with Crippen LogP contribution in [0.5, 0.6) is 0 Å². The van der Waals surface area contributed by atoms with Crippen molar-refractivity contribution in [2.75, 3.05) is 5.32 Å². The molecule has 0 saturated heterocycles. The number of carbonyl (C=O) groups is 2. The number of amides is 1. The van der Waals surface area contributed by atoms with Crippen LogP contribution in [0.15, 0.2) is 30.3 Å². The molecule has 1 aromatic heterocycles. The summed E-state index contributed by atoms with van der Waals surface area (Å²) in [5.41, 5.74) is 0.855. The first kappa shape index (κ1) is 15.4. The van der Waals surface area contributed by atoms with E-state index < -0.39 is 17.7 Å². The first-order valence-corrected chi connectivity index (χ1v) is 6.93. The van der Waals surface area contributed by atoms with Crippen molar-refractivity contribution >= 4 is 40.2 Å². The number of halogens is 2. The fourth-order valence-electron chi connectivity index (χ4n) is 1.69. The van der Waals surface area contributed by atoms with E-state index >= 15 is 0 Å². The maximum Gasteiger partial charge on any atom is 0.337 e. The lowest BCUT2D eigenvalue weighted by Gasteiger charge is -2.08. The van der Waals surface area contributed by atoms with Crippen LogP contribution in [0.3, 0.4) is 0 Å². The molecule has 0 bridgehead atoms. The number of carboxylic acids is 1. The molecule has 21 heavy (non-hydrogen) atoms. The van der Waals surface area contributed by atoms with E-state index in [2.05, 4.69) is 10.3 Å². The van der Waals surface area contributed by atoms with Crippen molar-refractivity contribution in [3.05, 3.63) is 56.7 Å².